The summed E-state index contributed by atoms with van der Waals surface area (Å²) in [5.74, 6) is -0.516. The first kappa shape index (κ1) is 25.6. The molecular weight excluding hydrogens is 503 g/mol. The molecule has 13 heteroatoms. The number of nitrogens with zero attached hydrogens (tertiary/aromatic N) is 5. The molecule has 1 aromatic carbocycles. The van der Waals surface area contributed by atoms with Crippen LogP contribution in [0, 0.1) is 0 Å². The molecule has 0 bridgehead atoms. The Morgan fingerprint density at radius 2 is 2.13 bits per heavy atom. The molecule has 0 spiro atoms. The van der Waals surface area contributed by atoms with Crippen LogP contribution in [-0.2, 0) is 22.8 Å². The van der Waals surface area contributed by atoms with Crippen LogP contribution in [0.25, 0.3) is 11.0 Å². The first-order valence-electron chi connectivity index (χ1n) is 12.1. The number of alkyl halides is 3. The molecule has 2 unspecified atom stereocenters. The SMILES string of the molecule is CN1C=CC=CC1(CC(N)=O)Oc1ccc2ncn(Nc3nn(C)c(C(F)(F)F)c3C3CCCOC3)c2c1. The summed E-state index contributed by atoms with van der Waals surface area (Å²) in [4.78, 5) is 17.9. The number of amides is 1. The van der Waals surface area contributed by atoms with Gasteiger partial charge in [0.25, 0.3) is 0 Å². The van der Waals surface area contributed by atoms with E-state index >= 15 is 0 Å². The number of carbonyl (C=O) groups is 1. The Morgan fingerprint density at radius 1 is 1.32 bits per heavy atom. The molecule has 1 fully saturated rings. The van der Waals surface area contributed by atoms with Crippen LogP contribution in [0.4, 0.5) is 19.0 Å². The second-order valence-corrected chi connectivity index (χ2v) is 9.42. The molecule has 1 saturated heterocycles. The minimum atomic E-state index is -4.59. The van der Waals surface area contributed by atoms with E-state index in [1.165, 1.54) is 18.1 Å². The first-order valence-corrected chi connectivity index (χ1v) is 12.1. The lowest BCUT2D eigenvalue weighted by Crippen LogP contribution is -2.50. The minimum Gasteiger partial charge on any atom is -0.464 e. The number of rotatable bonds is 7. The van der Waals surface area contributed by atoms with Gasteiger partial charge in [0.1, 0.15) is 17.8 Å². The van der Waals surface area contributed by atoms with Crippen molar-refractivity contribution < 1.29 is 27.4 Å². The Balaban J connectivity index is 1.51. The molecular formula is C25H28F3N7O3. The number of primary amides is 1. The number of anilines is 1. The number of ether oxygens (including phenoxy) is 2. The van der Waals surface area contributed by atoms with Crippen molar-refractivity contribution in [1.29, 1.82) is 0 Å². The number of halogens is 3. The topological polar surface area (TPSA) is 112 Å². The Hall–Kier alpha value is -4.00. The largest absolute Gasteiger partial charge is 0.464 e. The molecule has 3 N–H and O–H groups in total. The zero-order valence-electron chi connectivity index (χ0n) is 20.9. The third-order valence-electron chi connectivity index (χ3n) is 6.76. The van der Waals surface area contributed by atoms with Crippen molar-refractivity contribution in [2.45, 2.75) is 37.1 Å². The maximum absolute atomic E-state index is 14.0. The number of nitrogens with two attached hydrogens (primary N) is 1. The average Bonchev–Trinajstić information content (AvgIpc) is 3.41. The average molecular weight is 532 g/mol. The lowest BCUT2D eigenvalue weighted by atomic mass is 9.92. The maximum Gasteiger partial charge on any atom is 0.433 e. The highest BCUT2D eigenvalue weighted by molar-refractivity contribution is 5.78. The summed E-state index contributed by atoms with van der Waals surface area (Å²) in [7, 11) is 3.04. The second-order valence-electron chi connectivity index (χ2n) is 9.42. The highest BCUT2D eigenvalue weighted by Crippen LogP contribution is 2.41. The van der Waals surface area contributed by atoms with E-state index < -0.39 is 29.4 Å². The lowest BCUT2D eigenvalue weighted by Gasteiger charge is -2.39. The second kappa shape index (κ2) is 9.71. The summed E-state index contributed by atoms with van der Waals surface area (Å²) in [6, 6.07) is 5.11. The van der Waals surface area contributed by atoms with E-state index in [0.717, 1.165) is 4.68 Å². The van der Waals surface area contributed by atoms with Gasteiger partial charge < -0.3 is 20.1 Å². The Morgan fingerprint density at radius 3 is 2.82 bits per heavy atom. The van der Waals surface area contributed by atoms with E-state index in [4.69, 9.17) is 15.2 Å². The molecule has 202 valence electrons. The van der Waals surface area contributed by atoms with Gasteiger partial charge in [-0.15, -0.1) is 0 Å². The molecule has 2 aliphatic rings. The van der Waals surface area contributed by atoms with Crippen LogP contribution in [0.1, 0.15) is 36.4 Å². The lowest BCUT2D eigenvalue weighted by molar-refractivity contribution is -0.144. The predicted molar refractivity (Wildman–Crippen MR) is 133 cm³/mol. The molecule has 0 radical (unpaired) electrons. The van der Waals surface area contributed by atoms with Gasteiger partial charge in [-0.25, -0.2) is 9.66 Å². The van der Waals surface area contributed by atoms with Crippen LogP contribution in [-0.4, -0.2) is 56.2 Å². The van der Waals surface area contributed by atoms with Crippen LogP contribution >= 0.6 is 0 Å². The van der Waals surface area contributed by atoms with E-state index in [1.807, 2.05) is 6.08 Å². The molecule has 5 rings (SSSR count). The normalized spacial score (nSPS) is 21.7. The van der Waals surface area contributed by atoms with Crippen LogP contribution in [0.5, 0.6) is 5.75 Å². The molecule has 1 amide bonds. The summed E-state index contributed by atoms with van der Waals surface area (Å²) in [5, 5.41) is 4.18. The number of imidazole rings is 1. The Bertz CT molecular complexity index is 1410. The summed E-state index contributed by atoms with van der Waals surface area (Å²) in [6.07, 6.45) is 5.08. The Kier molecular flexibility index (Phi) is 6.55. The number of hydrogen-bond donors (Lipinski definition) is 2. The van der Waals surface area contributed by atoms with Gasteiger partial charge >= 0.3 is 6.18 Å². The molecule has 2 aliphatic heterocycles. The molecule has 2 atom stereocenters. The van der Waals surface area contributed by atoms with Gasteiger partial charge in [-0.05, 0) is 37.1 Å². The van der Waals surface area contributed by atoms with Crippen molar-refractivity contribution in [3.63, 3.8) is 0 Å². The van der Waals surface area contributed by atoms with Gasteiger partial charge in [-0.2, -0.15) is 18.3 Å². The summed E-state index contributed by atoms with van der Waals surface area (Å²) < 4.78 is 56.2. The fraction of sp³-hybridized carbons (Fsp3) is 0.400. The van der Waals surface area contributed by atoms with E-state index in [2.05, 4.69) is 15.5 Å². The van der Waals surface area contributed by atoms with Gasteiger partial charge in [-0.3, -0.25) is 14.9 Å². The van der Waals surface area contributed by atoms with E-state index in [-0.39, 0.29) is 24.4 Å². The van der Waals surface area contributed by atoms with Crippen molar-refractivity contribution in [2.24, 2.45) is 12.8 Å². The maximum atomic E-state index is 14.0. The van der Waals surface area contributed by atoms with Crippen molar-refractivity contribution >= 4 is 22.8 Å². The highest BCUT2D eigenvalue weighted by Gasteiger charge is 2.42. The van der Waals surface area contributed by atoms with Crippen molar-refractivity contribution in [1.82, 2.24) is 24.3 Å². The monoisotopic (exact) mass is 531 g/mol. The number of benzene rings is 1. The number of aromatic nitrogens is 4. The van der Waals surface area contributed by atoms with Crippen molar-refractivity contribution in [3.8, 4) is 5.75 Å². The molecule has 0 saturated carbocycles. The molecule has 2 aromatic heterocycles. The van der Waals surface area contributed by atoms with E-state index in [9.17, 15) is 18.0 Å². The van der Waals surface area contributed by atoms with Gasteiger partial charge in [-0.1, -0.05) is 6.08 Å². The summed E-state index contributed by atoms with van der Waals surface area (Å²) >= 11 is 0. The molecule has 38 heavy (non-hydrogen) atoms. The van der Waals surface area contributed by atoms with Gasteiger partial charge in [0, 0.05) is 44.4 Å². The number of nitrogens with one attached hydrogen (secondary N) is 1. The number of likely N-dealkylation sites (N-methyl/N-ethyl adjacent to an activating group) is 1. The molecule has 3 aromatic rings. The standard InChI is InChI=1S/C25H28F3N7O3/c1-33-10-4-3-9-24(33,13-20(29)36)38-17-7-8-18-19(12-17)35(15-30-18)32-23-21(16-6-5-11-37-14-16)22(25(26,27)28)34(2)31-23/h3-4,7-10,12,15-16H,5-6,11,13-14H2,1-2H3,(H2,29,36)(H,31,32). The fourth-order valence-electron chi connectivity index (χ4n) is 4.98. The number of carbonyl (C=O) groups excluding carboxylic acids is 1. The van der Waals surface area contributed by atoms with Crippen LogP contribution in [0.2, 0.25) is 0 Å². The van der Waals surface area contributed by atoms with Crippen LogP contribution in [0.15, 0.2) is 49.0 Å². The van der Waals surface area contributed by atoms with Gasteiger partial charge in [0.2, 0.25) is 11.6 Å². The highest BCUT2D eigenvalue weighted by atomic mass is 19.4. The van der Waals surface area contributed by atoms with Gasteiger partial charge in [0.15, 0.2) is 5.82 Å². The van der Waals surface area contributed by atoms with Crippen molar-refractivity contribution in [2.75, 3.05) is 25.7 Å². The summed E-state index contributed by atoms with van der Waals surface area (Å²) in [6.45, 7) is 0.705. The third-order valence-corrected chi connectivity index (χ3v) is 6.76. The number of allylic oxidation sites excluding steroid dienone is 2. The zero-order chi connectivity index (χ0) is 27.1. The quantitative estimate of drug-likeness (QED) is 0.480. The number of aryl methyl sites for hydroxylation is 1. The van der Waals surface area contributed by atoms with Crippen LogP contribution in [0.3, 0.4) is 0 Å². The van der Waals surface area contributed by atoms with E-state index in [1.54, 1.807) is 48.5 Å². The first-order chi connectivity index (χ1) is 18.1. The minimum absolute atomic E-state index is 0.0649. The van der Waals surface area contributed by atoms with Crippen molar-refractivity contribution in [3.05, 3.63) is 60.2 Å². The smallest absolute Gasteiger partial charge is 0.433 e. The number of hydrogen-bond acceptors (Lipinski definition) is 7. The molecule has 4 heterocycles. The predicted octanol–water partition coefficient (Wildman–Crippen LogP) is 3.52. The number of fused-ring (bicyclic) bond motifs is 1. The summed E-state index contributed by atoms with van der Waals surface area (Å²) in [5.41, 5.74) is 7.75. The fourth-order valence-corrected chi connectivity index (χ4v) is 4.98. The Labute approximate surface area is 216 Å². The third kappa shape index (κ3) is 4.80. The van der Waals surface area contributed by atoms with Gasteiger partial charge in [0.05, 0.1) is 24.1 Å². The zero-order valence-corrected chi connectivity index (χ0v) is 20.9. The molecule has 10 nitrogen and oxygen atoms in total. The molecule has 0 aliphatic carbocycles. The van der Waals surface area contributed by atoms with Crippen LogP contribution < -0.4 is 15.9 Å². The van der Waals surface area contributed by atoms with E-state index in [0.29, 0.717) is 36.2 Å².